The number of hydrogen-bond donors (Lipinski definition) is 1. The summed E-state index contributed by atoms with van der Waals surface area (Å²) in [6.45, 7) is 0.906. The van der Waals surface area contributed by atoms with Gasteiger partial charge in [0.05, 0.1) is 24.6 Å². The molecule has 2 heterocycles. The Morgan fingerprint density at radius 2 is 2.50 bits per heavy atom. The SMILES string of the molecule is O=C(NC1COCC1Cl)c1ccon1. The molecule has 0 aromatic carbocycles. The summed E-state index contributed by atoms with van der Waals surface area (Å²) in [7, 11) is 0. The third kappa shape index (κ3) is 1.88. The van der Waals surface area contributed by atoms with Crippen LogP contribution in [0, 0.1) is 0 Å². The van der Waals surface area contributed by atoms with E-state index in [0.717, 1.165) is 0 Å². The van der Waals surface area contributed by atoms with Crippen molar-refractivity contribution in [2.24, 2.45) is 0 Å². The Balaban J connectivity index is 1.95. The van der Waals surface area contributed by atoms with Gasteiger partial charge in [-0.2, -0.15) is 0 Å². The zero-order valence-corrected chi connectivity index (χ0v) is 8.03. The zero-order valence-electron chi connectivity index (χ0n) is 7.27. The lowest BCUT2D eigenvalue weighted by atomic mass is 10.2. The Hall–Kier alpha value is -1.07. The molecule has 1 aliphatic heterocycles. The van der Waals surface area contributed by atoms with Crippen molar-refractivity contribution < 1.29 is 14.1 Å². The van der Waals surface area contributed by atoms with Crippen LogP contribution in [0.15, 0.2) is 16.9 Å². The van der Waals surface area contributed by atoms with E-state index >= 15 is 0 Å². The molecular formula is C8H9ClN2O3. The number of alkyl halides is 1. The van der Waals surface area contributed by atoms with E-state index in [4.69, 9.17) is 16.3 Å². The van der Waals surface area contributed by atoms with Gasteiger partial charge in [-0.25, -0.2) is 0 Å². The van der Waals surface area contributed by atoms with Crippen LogP contribution >= 0.6 is 11.6 Å². The van der Waals surface area contributed by atoms with Gasteiger partial charge in [-0.15, -0.1) is 11.6 Å². The number of carbonyl (C=O) groups excluding carboxylic acids is 1. The van der Waals surface area contributed by atoms with E-state index in [-0.39, 0.29) is 23.0 Å². The standard InChI is InChI=1S/C8H9ClN2O3/c9-5-3-13-4-7(5)10-8(12)6-1-2-14-11-6/h1-2,5,7H,3-4H2,(H,10,12). The van der Waals surface area contributed by atoms with Crippen LogP contribution in [0.25, 0.3) is 0 Å². The Labute approximate surface area is 85.3 Å². The lowest BCUT2D eigenvalue weighted by Crippen LogP contribution is -2.40. The molecule has 6 heteroatoms. The van der Waals surface area contributed by atoms with Crippen LogP contribution in [0.1, 0.15) is 10.5 Å². The molecule has 1 amide bonds. The lowest BCUT2D eigenvalue weighted by molar-refractivity contribution is 0.0921. The summed E-state index contributed by atoms with van der Waals surface area (Å²) in [6.07, 6.45) is 1.35. The fourth-order valence-electron chi connectivity index (χ4n) is 1.23. The molecular weight excluding hydrogens is 208 g/mol. The Kier molecular flexibility index (Phi) is 2.69. The first-order valence-electron chi connectivity index (χ1n) is 4.20. The maximum absolute atomic E-state index is 11.5. The maximum Gasteiger partial charge on any atom is 0.273 e. The van der Waals surface area contributed by atoms with Gasteiger partial charge in [0, 0.05) is 6.07 Å². The van der Waals surface area contributed by atoms with Crippen LogP contribution in [0.5, 0.6) is 0 Å². The summed E-state index contributed by atoms with van der Waals surface area (Å²) in [6, 6.07) is 1.34. The van der Waals surface area contributed by atoms with Gasteiger partial charge in [0.25, 0.3) is 5.91 Å². The highest BCUT2D eigenvalue weighted by molar-refractivity contribution is 6.21. The monoisotopic (exact) mass is 216 g/mol. The highest BCUT2D eigenvalue weighted by Gasteiger charge is 2.28. The minimum Gasteiger partial charge on any atom is -0.378 e. The second-order valence-electron chi connectivity index (χ2n) is 3.02. The van der Waals surface area contributed by atoms with Crippen LogP contribution in [0.4, 0.5) is 0 Å². The van der Waals surface area contributed by atoms with E-state index in [2.05, 4.69) is 15.0 Å². The number of nitrogens with one attached hydrogen (secondary N) is 1. The smallest absolute Gasteiger partial charge is 0.273 e. The molecule has 14 heavy (non-hydrogen) atoms. The maximum atomic E-state index is 11.5. The molecule has 1 saturated heterocycles. The summed E-state index contributed by atoms with van der Waals surface area (Å²) < 4.78 is 9.65. The van der Waals surface area contributed by atoms with Gasteiger partial charge in [0.1, 0.15) is 6.26 Å². The molecule has 76 valence electrons. The number of nitrogens with zero attached hydrogens (tertiary/aromatic N) is 1. The zero-order chi connectivity index (χ0) is 9.97. The van der Waals surface area contributed by atoms with Crippen molar-refractivity contribution in [2.45, 2.75) is 11.4 Å². The van der Waals surface area contributed by atoms with Crippen molar-refractivity contribution in [3.05, 3.63) is 18.0 Å². The lowest BCUT2D eigenvalue weighted by Gasteiger charge is -2.12. The number of ether oxygens (including phenoxy) is 1. The highest BCUT2D eigenvalue weighted by Crippen LogP contribution is 2.12. The first-order chi connectivity index (χ1) is 6.77. The van der Waals surface area contributed by atoms with Crippen molar-refractivity contribution in [3.63, 3.8) is 0 Å². The topological polar surface area (TPSA) is 64.4 Å². The van der Waals surface area contributed by atoms with Crippen LogP contribution in [-0.2, 0) is 4.74 Å². The van der Waals surface area contributed by atoms with Crippen LogP contribution in [0.3, 0.4) is 0 Å². The molecule has 0 spiro atoms. The second kappa shape index (κ2) is 3.98. The van der Waals surface area contributed by atoms with Crippen molar-refractivity contribution >= 4 is 17.5 Å². The van der Waals surface area contributed by atoms with E-state index in [9.17, 15) is 4.79 Å². The Morgan fingerprint density at radius 1 is 1.64 bits per heavy atom. The van der Waals surface area contributed by atoms with Gasteiger partial charge in [0.2, 0.25) is 0 Å². The molecule has 0 radical (unpaired) electrons. The first kappa shape index (κ1) is 9.48. The fraction of sp³-hybridized carbons (Fsp3) is 0.500. The molecule has 0 aliphatic carbocycles. The van der Waals surface area contributed by atoms with Gasteiger partial charge >= 0.3 is 0 Å². The van der Waals surface area contributed by atoms with Crippen LogP contribution < -0.4 is 5.32 Å². The minimum absolute atomic E-state index is 0.152. The van der Waals surface area contributed by atoms with E-state index in [0.29, 0.717) is 13.2 Å². The number of hydrogen-bond acceptors (Lipinski definition) is 4. The van der Waals surface area contributed by atoms with Crippen molar-refractivity contribution in [1.82, 2.24) is 10.5 Å². The Morgan fingerprint density at radius 3 is 3.07 bits per heavy atom. The largest absolute Gasteiger partial charge is 0.378 e. The molecule has 2 unspecified atom stereocenters. The summed E-state index contributed by atoms with van der Waals surface area (Å²) in [5.41, 5.74) is 0.251. The third-order valence-corrected chi connectivity index (χ3v) is 2.43. The third-order valence-electron chi connectivity index (χ3n) is 2.00. The number of carbonyl (C=O) groups is 1. The number of halogens is 1. The normalized spacial score (nSPS) is 26.4. The number of rotatable bonds is 2. The number of amides is 1. The highest BCUT2D eigenvalue weighted by atomic mass is 35.5. The molecule has 1 N–H and O–H groups in total. The van der Waals surface area contributed by atoms with E-state index < -0.39 is 0 Å². The molecule has 0 bridgehead atoms. The van der Waals surface area contributed by atoms with E-state index in [1.165, 1.54) is 12.3 Å². The molecule has 1 aliphatic rings. The molecule has 2 atom stereocenters. The van der Waals surface area contributed by atoms with Crippen molar-refractivity contribution in [2.75, 3.05) is 13.2 Å². The molecule has 2 rings (SSSR count). The molecule has 0 saturated carbocycles. The van der Waals surface area contributed by atoms with Gasteiger partial charge in [-0.1, -0.05) is 5.16 Å². The van der Waals surface area contributed by atoms with E-state index in [1.54, 1.807) is 0 Å². The summed E-state index contributed by atoms with van der Waals surface area (Å²) in [5.74, 6) is -0.292. The van der Waals surface area contributed by atoms with Gasteiger partial charge in [0.15, 0.2) is 5.69 Å². The van der Waals surface area contributed by atoms with Gasteiger partial charge < -0.3 is 14.6 Å². The minimum atomic E-state index is -0.292. The summed E-state index contributed by atoms with van der Waals surface area (Å²) in [4.78, 5) is 11.5. The fourth-order valence-corrected chi connectivity index (χ4v) is 1.46. The Bertz CT molecular complexity index is 314. The quantitative estimate of drug-likeness (QED) is 0.728. The van der Waals surface area contributed by atoms with Gasteiger partial charge in [-0.3, -0.25) is 4.79 Å². The van der Waals surface area contributed by atoms with Crippen LogP contribution in [-0.4, -0.2) is 35.7 Å². The average molecular weight is 217 g/mol. The predicted molar refractivity (Wildman–Crippen MR) is 48.2 cm³/mol. The number of aromatic nitrogens is 1. The molecule has 1 aromatic rings. The van der Waals surface area contributed by atoms with Gasteiger partial charge in [-0.05, 0) is 0 Å². The summed E-state index contributed by atoms with van der Waals surface area (Å²) in [5, 5.41) is 6.05. The second-order valence-corrected chi connectivity index (χ2v) is 3.58. The summed E-state index contributed by atoms with van der Waals surface area (Å²) >= 11 is 5.90. The van der Waals surface area contributed by atoms with E-state index in [1.807, 2.05) is 0 Å². The first-order valence-corrected chi connectivity index (χ1v) is 4.64. The van der Waals surface area contributed by atoms with Crippen molar-refractivity contribution in [1.29, 1.82) is 0 Å². The van der Waals surface area contributed by atoms with Crippen LogP contribution in [0.2, 0.25) is 0 Å². The average Bonchev–Trinajstić information content (AvgIpc) is 2.77. The molecule has 5 nitrogen and oxygen atoms in total. The molecule has 1 fully saturated rings. The van der Waals surface area contributed by atoms with Crippen molar-refractivity contribution in [3.8, 4) is 0 Å². The predicted octanol–water partition coefficient (Wildman–Crippen LogP) is 0.411. The molecule has 1 aromatic heterocycles.